The molecular weight excluding hydrogens is 381 g/mol. The van der Waals surface area contributed by atoms with Gasteiger partial charge in [-0.25, -0.2) is 9.07 Å². The van der Waals surface area contributed by atoms with Gasteiger partial charge in [-0.15, -0.1) is 5.10 Å². The molecule has 0 aliphatic carbocycles. The molecule has 0 saturated heterocycles. The maximum Gasteiger partial charge on any atom is 0.250 e. The molecule has 142 valence electrons. The molecule has 0 saturated carbocycles. The van der Waals surface area contributed by atoms with E-state index < -0.39 is 0 Å². The van der Waals surface area contributed by atoms with E-state index in [9.17, 15) is 9.18 Å². The minimum Gasteiger partial charge on any atom is -0.324 e. The molecule has 2 aromatic carbocycles. The van der Waals surface area contributed by atoms with Crippen LogP contribution in [0.1, 0.15) is 30.5 Å². The summed E-state index contributed by atoms with van der Waals surface area (Å²) in [5.74, 6) is 0.210. The van der Waals surface area contributed by atoms with E-state index in [2.05, 4.69) is 20.7 Å². The number of aromatic nitrogens is 3. The average Bonchev–Trinajstić information content (AvgIpc) is 3.10. The van der Waals surface area contributed by atoms with E-state index >= 15 is 0 Å². The van der Waals surface area contributed by atoms with Crippen LogP contribution in [0.5, 0.6) is 0 Å². The van der Waals surface area contributed by atoms with Gasteiger partial charge in [-0.1, -0.05) is 42.8 Å². The maximum atomic E-state index is 13.4. The predicted octanol–water partition coefficient (Wildman–Crippen LogP) is 4.48. The van der Waals surface area contributed by atoms with Crippen LogP contribution in [-0.4, -0.2) is 20.7 Å². The molecule has 1 aromatic heterocycles. The zero-order valence-corrected chi connectivity index (χ0v) is 15.7. The molecule has 8 heteroatoms. The van der Waals surface area contributed by atoms with Crippen LogP contribution in [-0.2, 0) is 4.79 Å². The lowest BCUT2D eigenvalue weighted by atomic mass is 10.0. The number of amides is 1. The molecule has 4 rings (SSSR count). The van der Waals surface area contributed by atoms with E-state index in [1.54, 1.807) is 35.9 Å². The quantitative estimate of drug-likeness (QED) is 0.681. The minimum absolute atomic E-state index is 0.174. The molecule has 6 nitrogen and oxygen atoms in total. The van der Waals surface area contributed by atoms with Crippen molar-refractivity contribution in [1.29, 1.82) is 0 Å². The van der Waals surface area contributed by atoms with Gasteiger partial charge in [0.05, 0.1) is 0 Å². The summed E-state index contributed by atoms with van der Waals surface area (Å²) >= 11 is 5.99. The van der Waals surface area contributed by atoms with Gasteiger partial charge in [-0.3, -0.25) is 10.1 Å². The SMILES string of the molecule is CCC(=O)Nc1nc2n(n1)[C@H](c1ccc(F)cc1)C=C(c1ccc(Cl)cc1)N2. The average molecular weight is 398 g/mol. The molecule has 0 spiro atoms. The van der Waals surface area contributed by atoms with Crippen molar-refractivity contribution in [3.05, 3.63) is 76.6 Å². The summed E-state index contributed by atoms with van der Waals surface area (Å²) in [7, 11) is 0. The molecule has 2 N–H and O–H groups in total. The van der Waals surface area contributed by atoms with Crippen molar-refractivity contribution < 1.29 is 9.18 Å². The lowest BCUT2D eigenvalue weighted by molar-refractivity contribution is -0.115. The number of fused-ring (bicyclic) bond motifs is 1. The van der Waals surface area contributed by atoms with Gasteiger partial charge in [0.25, 0.3) is 5.95 Å². The normalized spacial score (nSPS) is 15.4. The molecule has 3 aromatic rings. The smallest absolute Gasteiger partial charge is 0.250 e. The van der Waals surface area contributed by atoms with E-state index in [1.165, 1.54) is 12.1 Å². The number of anilines is 2. The van der Waals surface area contributed by atoms with E-state index in [-0.39, 0.29) is 23.7 Å². The first kappa shape index (κ1) is 18.2. The molecule has 1 atom stereocenters. The van der Waals surface area contributed by atoms with Gasteiger partial charge in [0, 0.05) is 17.1 Å². The number of allylic oxidation sites excluding steroid dienone is 1. The Morgan fingerprint density at radius 2 is 1.93 bits per heavy atom. The Labute approximate surface area is 166 Å². The van der Waals surface area contributed by atoms with Gasteiger partial charge >= 0.3 is 0 Å². The third-order valence-corrected chi connectivity index (χ3v) is 4.66. The zero-order valence-electron chi connectivity index (χ0n) is 15.0. The maximum absolute atomic E-state index is 13.4. The van der Waals surface area contributed by atoms with E-state index in [1.807, 2.05) is 18.2 Å². The first-order valence-electron chi connectivity index (χ1n) is 8.80. The molecule has 0 fully saturated rings. The highest BCUT2D eigenvalue weighted by Crippen LogP contribution is 2.33. The number of nitrogens with zero attached hydrogens (tertiary/aromatic N) is 3. The van der Waals surface area contributed by atoms with Crippen molar-refractivity contribution >= 4 is 35.1 Å². The molecule has 28 heavy (non-hydrogen) atoms. The Hall–Kier alpha value is -3.19. The fourth-order valence-electron chi connectivity index (χ4n) is 2.95. The van der Waals surface area contributed by atoms with Crippen LogP contribution in [0.25, 0.3) is 5.70 Å². The Kier molecular flexibility index (Phi) is 4.83. The second kappa shape index (κ2) is 7.44. The van der Waals surface area contributed by atoms with Gasteiger partial charge in [-0.05, 0) is 41.5 Å². The van der Waals surface area contributed by atoms with Crippen molar-refractivity contribution in [2.75, 3.05) is 10.6 Å². The fourth-order valence-corrected chi connectivity index (χ4v) is 3.08. The van der Waals surface area contributed by atoms with Crippen LogP contribution in [0, 0.1) is 5.82 Å². The summed E-state index contributed by atoms with van der Waals surface area (Å²) in [5.41, 5.74) is 2.58. The first-order chi connectivity index (χ1) is 13.5. The predicted molar refractivity (Wildman–Crippen MR) is 107 cm³/mol. The van der Waals surface area contributed by atoms with E-state index in [0.717, 1.165) is 16.8 Å². The summed E-state index contributed by atoms with van der Waals surface area (Å²) in [6.07, 6.45) is 2.30. The molecule has 1 amide bonds. The summed E-state index contributed by atoms with van der Waals surface area (Å²) in [4.78, 5) is 16.1. The monoisotopic (exact) mass is 397 g/mol. The second-order valence-corrected chi connectivity index (χ2v) is 6.75. The third-order valence-electron chi connectivity index (χ3n) is 4.40. The number of hydrogen-bond acceptors (Lipinski definition) is 4. The van der Waals surface area contributed by atoms with Gasteiger partial charge in [-0.2, -0.15) is 4.98 Å². The molecule has 1 aliphatic rings. The van der Waals surface area contributed by atoms with Crippen LogP contribution >= 0.6 is 11.6 Å². The molecule has 2 heterocycles. The van der Waals surface area contributed by atoms with E-state index in [4.69, 9.17) is 11.6 Å². The third kappa shape index (κ3) is 3.61. The summed E-state index contributed by atoms with van der Waals surface area (Å²) in [5, 5.41) is 11.0. The number of halogens is 2. The van der Waals surface area contributed by atoms with Crippen LogP contribution < -0.4 is 10.6 Å². The zero-order chi connectivity index (χ0) is 19.7. The van der Waals surface area contributed by atoms with Crippen molar-refractivity contribution in [3.8, 4) is 0 Å². The highest BCUT2D eigenvalue weighted by molar-refractivity contribution is 6.30. The lowest BCUT2D eigenvalue weighted by Crippen LogP contribution is -2.20. The Balaban J connectivity index is 1.77. The Morgan fingerprint density at radius 3 is 2.61 bits per heavy atom. The fraction of sp³-hybridized carbons (Fsp3) is 0.150. The van der Waals surface area contributed by atoms with Crippen LogP contribution in [0.3, 0.4) is 0 Å². The number of benzene rings is 2. The largest absolute Gasteiger partial charge is 0.324 e. The number of rotatable bonds is 4. The van der Waals surface area contributed by atoms with Gasteiger partial charge in [0.1, 0.15) is 11.9 Å². The minimum atomic E-state index is -0.317. The Bertz CT molecular complexity index is 1040. The van der Waals surface area contributed by atoms with Crippen molar-refractivity contribution in [2.45, 2.75) is 19.4 Å². The number of carbonyl (C=O) groups excluding carboxylic acids is 1. The Morgan fingerprint density at radius 1 is 1.21 bits per heavy atom. The van der Waals surface area contributed by atoms with Crippen molar-refractivity contribution in [2.24, 2.45) is 0 Å². The van der Waals surface area contributed by atoms with Crippen molar-refractivity contribution in [1.82, 2.24) is 14.8 Å². The van der Waals surface area contributed by atoms with E-state index in [0.29, 0.717) is 17.4 Å². The molecule has 1 aliphatic heterocycles. The highest BCUT2D eigenvalue weighted by Gasteiger charge is 2.25. The summed E-state index contributed by atoms with van der Waals surface area (Å²) < 4.78 is 15.1. The molecular formula is C20H17ClFN5O. The topological polar surface area (TPSA) is 71.8 Å². The molecule has 0 unspecified atom stereocenters. The van der Waals surface area contributed by atoms with Gasteiger partial charge < -0.3 is 5.32 Å². The molecule has 0 radical (unpaired) electrons. The van der Waals surface area contributed by atoms with Crippen LogP contribution in [0.2, 0.25) is 5.02 Å². The lowest BCUT2D eigenvalue weighted by Gasteiger charge is -2.24. The van der Waals surface area contributed by atoms with Gasteiger partial charge in [0.2, 0.25) is 11.9 Å². The number of nitrogens with one attached hydrogen (secondary N) is 2. The van der Waals surface area contributed by atoms with Crippen LogP contribution in [0.15, 0.2) is 54.6 Å². The molecule has 0 bridgehead atoms. The summed E-state index contributed by atoms with van der Waals surface area (Å²) in [6, 6.07) is 13.3. The number of hydrogen-bond donors (Lipinski definition) is 2. The number of carbonyl (C=O) groups is 1. The summed E-state index contributed by atoms with van der Waals surface area (Å²) in [6.45, 7) is 1.76. The van der Waals surface area contributed by atoms with Gasteiger partial charge in [0.15, 0.2) is 0 Å². The second-order valence-electron chi connectivity index (χ2n) is 6.31. The standard InChI is InChI=1S/C20H17ClFN5O/c1-2-18(28)24-19-25-20-23-16(12-3-7-14(21)8-4-12)11-17(27(20)26-19)13-5-9-15(22)10-6-13/h3-11,17H,2H2,1H3,(H2,23,24,25,26,28)/t17-/m0/s1. The highest BCUT2D eigenvalue weighted by atomic mass is 35.5. The first-order valence-corrected chi connectivity index (χ1v) is 9.18. The van der Waals surface area contributed by atoms with Crippen LogP contribution in [0.4, 0.5) is 16.3 Å². The van der Waals surface area contributed by atoms with Crippen molar-refractivity contribution in [3.63, 3.8) is 0 Å².